The molecule has 3 atom stereocenters. The van der Waals surface area contributed by atoms with Crippen LogP contribution in [0.5, 0.6) is 0 Å². The van der Waals surface area contributed by atoms with E-state index in [0.29, 0.717) is 24.3 Å². The average Bonchev–Trinajstić information content (AvgIpc) is 3.05. The van der Waals surface area contributed by atoms with Crippen LogP contribution in [0.25, 0.3) is 0 Å². The molecule has 0 spiro atoms. The molecule has 0 amide bonds. The van der Waals surface area contributed by atoms with Crippen molar-refractivity contribution in [3.05, 3.63) is 130 Å². The fourth-order valence-corrected chi connectivity index (χ4v) is 7.27. The van der Waals surface area contributed by atoms with Gasteiger partial charge >= 0.3 is 5.97 Å². The zero-order chi connectivity index (χ0) is 39.6. The second-order valence-corrected chi connectivity index (χ2v) is 16.3. The summed E-state index contributed by atoms with van der Waals surface area (Å²) in [7, 11) is 0. The Balaban J connectivity index is 2.08. The molecule has 2 N–H and O–H groups in total. The van der Waals surface area contributed by atoms with E-state index in [4.69, 9.17) is 4.74 Å². The first kappa shape index (κ1) is 45.4. The van der Waals surface area contributed by atoms with E-state index in [1.165, 1.54) is 17.2 Å². The van der Waals surface area contributed by atoms with E-state index < -0.39 is 12.1 Å². The fraction of sp³-hybridized carbons (Fsp3) is 0.500. The van der Waals surface area contributed by atoms with Gasteiger partial charge in [0, 0.05) is 24.0 Å². The highest BCUT2D eigenvalue weighted by atomic mass is 16.5. The number of unbranched alkanes of at least 4 members (excludes halogenated alkanes) is 3. The molecule has 0 saturated heterocycles. The van der Waals surface area contributed by atoms with E-state index in [9.17, 15) is 19.8 Å². The Morgan fingerprint density at radius 1 is 0.830 bits per heavy atom. The summed E-state index contributed by atoms with van der Waals surface area (Å²) in [5.41, 5.74) is 6.81. The van der Waals surface area contributed by atoms with Crippen molar-refractivity contribution in [2.24, 2.45) is 16.7 Å². The van der Waals surface area contributed by atoms with Gasteiger partial charge in [-0.05, 0) is 77.6 Å². The highest BCUT2D eigenvalue weighted by molar-refractivity contribution is 5.98. The molecule has 0 saturated carbocycles. The second kappa shape index (κ2) is 22.4. The number of carbonyl (C=O) groups excluding carboxylic acids is 2. The van der Waals surface area contributed by atoms with Crippen molar-refractivity contribution in [1.29, 1.82) is 0 Å². The maximum Gasteiger partial charge on any atom is 0.330 e. The summed E-state index contributed by atoms with van der Waals surface area (Å²) in [4.78, 5) is 26.0. The minimum atomic E-state index is -0.447. The van der Waals surface area contributed by atoms with Crippen LogP contribution in [0.2, 0.25) is 0 Å². The number of carbonyl (C=O) groups is 2. The van der Waals surface area contributed by atoms with E-state index in [1.54, 1.807) is 6.08 Å². The van der Waals surface area contributed by atoms with Gasteiger partial charge < -0.3 is 14.9 Å². The Hall–Kier alpha value is -3.80. The highest BCUT2D eigenvalue weighted by Gasteiger charge is 2.35. The number of Topliss-reactive ketones (excluding diaryl/α,β-unsaturated/α-hetero) is 1. The van der Waals surface area contributed by atoms with Crippen LogP contribution in [-0.4, -0.2) is 40.8 Å². The topological polar surface area (TPSA) is 83.8 Å². The van der Waals surface area contributed by atoms with Crippen molar-refractivity contribution in [2.45, 2.75) is 133 Å². The predicted octanol–water partition coefficient (Wildman–Crippen LogP) is 11.5. The molecule has 5 nitrogen and oxygen atoms in total. The molecule has 2 rings (SSSR count). The van der Waals surface area contributed by atoms with Crippen molar-refractivity contribution < 1.29 is 24.5 Å². The number of rotatable bonds is 18. The third kappa shape index (κ3) is 16.8. The quantitative estimate of drug-likeness (QED) is 0.0483. The van der Waals surface area contributed by atoms with Gasteiger partial charge in [-0.2, -0.15) is 0 Å². The zero-order valence-corrected chi connectivity index (χ0v) is 34.4. The Bertz CT molecular complexity index is 1590. The van der Waals surface area contributed by atoms with Gasteiger partial charge in [-0.15, -0.1) is 0 Å². The number of aliphatic hydroxyl groups excluding tert-OH is 2. The maximum atomic E-state index is 13.6. The molecule has 0 radical (unpaired) electrons. The number of aliphatic hydroxyl groups is 2. The standard InChI is InChI=1S/C48H68O5/c1-11-12-13-14-15-26-46(52)53-34-40(45(51)31-44-39(6)30-42(50)33-48(44,9)10)25-19-24-36(3)21-17-16-20-35(2)22-18-23-37(4)27-28-43-38(5)29-41(49)32-47(43,7)8/h15-29,41-43,49-50H,11-14,30-34H2,1-10H3/b17-16+,22-18+,24-19+,26-15+,28-27+,35-20+,36-21+,37-23+,40-25+/t41-,42+,43-/m0/s1. The van der Waals surface area contributed by atoms with Gasteiger partial charge in [0.1, 0.15) is 6.61 Å². The summed E-state index contributed by atoms with van der Waals surface area (Å²) in [5.74, 6) is -0.214. The molecular formula is C48H68O5. The zero-order valence-electron chi connectivity index (χ0n) is 34.4. The monoisotopic (exact) mass is 725 g/mol. The highest BCUT2D eigenvalue weighted by Crippen LogP contribution is 2.43. The predicted molar refractivity (Wildman–Crippen MR) is 223 cm³/mol. The lowest BCUT2D eigenvalue weighted by Crippen LogP contribution is -2.32. The summed E-state index contributed by atoms with van der Waals surface area (Å²) < 4.78 is 5.51. The fourth-order valence-electron chi connectivity index (χ4n) is 7.27. The summed E-state index contributed by atoms with van der Waals surface area (Å²) >= 11 is 0. The normalized spacial score (nSPS) is 23.3. The lowest BCUT2D eigenvalue weighted by Gasteiger charge is -2.38. The molecule has 0 aromatic carbocycles. The Labute approximate surface area is 321 Å². The maximum absolute atomic E-state index is 13.6. The molecule has 0 aliphatic heterocycles. The number of allylic oxidation sites excluding steroid dienone is 18. The minimum Gasteiger partial charge on any atom is -0.458 e. The van der Waals surface area contributed by atoms with Crippen LogP contribution in [0.15, 0.2) is 130 Å². The number of hydrogen-bond acceptors (Lipinski definition) is 5. The van der Waals surface area contributed by atoms with Gasteiger partial charge in [0.25, 0.3) is 0 Å². The Morgan fingerprint density at radius 3 is 2.04 bits per heavy atom. The van der Waals surface area contributed by atoms with E-state index >= 15 is 0 Å². The van der Waals surface area contributed by atoms with Crippen LogP contribution in [0.4, 0.5) is 0 Å². The van der Waals surface area contributed by atoms with Crippen LogP contribution in [0.1, 0.15) is 121 Å². The molecule has 5 heteroatoms. The van der Waals surface area contributed by atoms with Gasteiger partial charge in [0.2, 0.25) is 0 Å². The summed E-state index contributed by atoms with van der Waals surface area (Å²) in [6, 6.07) is 0. The van der Waals surface area contributed by atoms with Crippen molar-refractivity contribution in [2.75, 3.05) is 6.61 Å². The molecule has 290 valence electrons. The van der Waals surface area contributed by atoms with Gasteiger partial charge in [-0.1, -0.05) is 166 Å². The van der Waals surface area contributed by atoms with Crippen molar-refractivity contribution in [3.63, 3.8) is 0 Å². The molecule has 0 heterocycles. The van der Waals surface area contributed by atoms with Crippen molar-refractivity contribution in [3.8, 4) is 0 Å². The van der Waals surface area contributed by atoms with Crippen LogP contribution >= 0.6 is 0 Å². The first-order valence-corrected chi connectivity index (χ1v) is 19.5. The lowest BCUT2D eigenvalue weighted by atomic mass is 9.67. The average molecular weight is 725 g/mol. The largest absolute Gasteiger partial charge is 0.458 e. The Kier molecular flexibility index (Phi) is 19.2. The van der Waals surface area contributed by atoms with Crippen molar-refractivity contribution >= 4 is 11.8 Å². The minimum absolute atomic E-state index is 0.0228. The number of hydrogen-bond donors (Lipinski definition) is 2. The van der Waals surface area contributed by atoms with E-state index in [1.807, 2.05) is 56.4 Å². The summed E-state index contributed by atoms with van der Waals surface area (Å²) in [6.45, 7) is 20.9. The summed E-state index contributed by atoms with van der Waals surface area (Å²) in [6.07, 6.45) is 35.0. The van der Waals surface area contributed by atoms with Crippen molar-refractivity contribution in [1.82, 2.24) is 0 Å². The van der Waals surface area contributed by atoms with Crippen LogP contribution in [-0.2, 0) is 14.3 Å². The van der Waals surface area contributed by atoms with Gasteiger partial charge in [0.15, 0.2) is 5.78 Å². The molecule has 2 aliphatic rings. The first-order valence-electron chi connectivity index (χ1n) is 19.5. The third-order valence-electron chi connectivity index (χ3n) is 10.2. The van der Waals surface area contributed by atoms with Crippen LogP contribution in [0.3, 0.4) is 0 Å². The molecule has 0 bridgehead atoms. The molecule has 0 aromatic heterocycles. The van der Waals surface area contributed by atoms with E-state index in [2.05, 4.69) is 91.8 Å². The van der Waals surface area contributed by atoms with Crippen LogP contribution < -0.4 is 0 Å². The molecular weight excluding hydrogens is 657 g/mol. The third-order valence-corrected chi connectivity index (χ3v) is 10.2. The first-order chi connectivity index (χ1) is 24.9. The van der Waals surface area contributed by atoms with Gasteiger partial charge in [-0.25, -0.2) is 4.79 Å². The molecule has 0 aromatic rings. The number of ketones is 1. The van der Waals surface area contributed by atoms with Crippen LogP contribution in [0, 0.1) is 16.7 Å². The molecule has 0 unspecified atom stereocenters. The lowest BCUT2D eigenvalue weighted by molar-refractivity contribution is -0.137. The number of esters is 1. The van der Waals surface area contributed by atoms with E-state index in [0.717, 1.165) is 54.4 Å². The van der Waals surface area contributed by atoms with E-state index in [-0.39, 0.29) is 35.7 Å². The second-order valence-electron chi connectivity index (χ2n) is 16.3. The van der Waals surface area contributed by atoms with Gasteiger partial charge in [-0.3, -0.25) is 4.79 Å². The molecule has 2 aliphatic carbocycles. The van der Waals surface area contributed by atoms with Gasteiger partial charge in [0.05, 0.1) is 12.2 Å². The molecule has 0 fully saturated rings. The SMILES string of the molecule is CCCCC/C=C/C(=O)OC\C(=C/C=C/C(C)=C/C=C/C=C(C)/C=C/C=C(C)/C=C/[C@H]1C(C)=C[C@H](O)CC1(C)C)C(=O)CC1=C(C)C[C@@H](O)CC1(C)C. The smallest absolute Gasteiger partial charge is 0.330 e. The summed E-state index contributed by atoms with van der Waals surface area (Å²) in [5, 5.41) is 20.4. The Morgan fingerprint density at radius 2 is 1.43 bits per heavy atom. The number of ether oxygens (including phenoxy) is 1. The molecule has 53 heavy (non-hydrogen) atoms.